The number of nitro groups is 1. The molecule has 6 heteroatoms. The lowest BCUT2D eigenvalue weighted by molar-refractivity contribution is -0.388. The second-order valence-corrected chi connectivity index (χ2v) is 4.20. The van der Waals surface area contributed by atoms with Gasteiger partial charge in [-0.2, -0.15) is 4.39 Å². The predicted octanol–water partition coefficient (Wildman–Crippen LogP) is 3.79. The maximum atomic E-state index is 13.5. The van der Waals surface area contributed by atoms with Crippen molar-refractivity contribution in [2.75, 3.05) is 0 Å². The summed E-state index contributed by atoms with van der Waals surface area (Å²) in [4.78, 5) is 14.4. The lowest BCUT2D eigenvalue weighted by Gasteiger charge is -2.10. The maximum Gasteiger partial charge on any atom is 0.346 e. The van der Waals surface area contributed by atoms with Gasteiger partial charge >= 0.3 is 5.69 Å². The minimum absolute atomic E-state index is 0.129. The number of halogens is 1. The molecule has 0 atom stereocenters. The van der Waals surface area contributed by atoms with Gasteiger partial charge in [-0.25, -0.2) is 0 Å². The molecule has 5 nitrogen and oxygen atoms in total. The number of benzene rings is 1. The molecule has 0 spiro atoms. The third-order valence-electron chi connectivity index (χ3n) is 2.76. The van der Waals surface area contributed by atoms with E-state index < -0.39 is 16.4 Å². The first kappa shape index (κ1) is 13.9. The van der Waals surface area contributed by atoms with Crippen molar-refractivity contribution in [1.29, 1.82) is 0 Å². The molecule has 0 saturated heterocycles. The number of para-hydroxylation sites is 1. The van der Waals surface area contributed by atoms with E-state index in [9.17, 15) is 14.5 Å². The van der Waals surface area contributed by atoms with Crippen molar-refractivity contribution in [3.8, 4) is 11.5 Å². The van der Waals surface area contributed by atoms with Crippen LogP contribution < -0.4 is 4.74 Å². The molecule has 2 aromatic rings. The van der Waals surface area contributed by atoms with Gasteiger partial charge in [0.25, 0.3) is 0 Å². The summed E-state index contributed by atoms with van der Waals surface area (Å²) in [6.45, 7) is 3.74. The lowest BCUT2D eigenvalue weighted by Crippen LogP contribution is -1.99. The summed E-state index contributed by atoms with van der Waals surface area (Å²) in [6, 6.07) is 7.17. The largest absolute Gasteiger partial charge is 0.448 e. The first-order valence-electron chi connectivity index (χ1n) is 6.10. The second-order valence-electron chi connectivity index (χ2n) is 4.20. The molecular weight excluding hydrogens is 263 g/mol. The van der Waals surface area contributed by atoms with E-state index in [-0.39, 0.29) is 5.75 Å². The SMILES string of the molecule is CCc1nc(C)ccc1Oc1cccc(F)c1[N+](=O)[O-]. The van der Waals surface area contributed by atoms with E-state index in [1.165, 1.54) is 12.1 Å². The molecule has 1 aromatic heterocycles. The van der Waals surface area contributed by atoms with E-state index in [1.54, 1.807) is 12.1 Å². The molecule has 1 aromatic carbocycles. The number of pyridine rings is 1. The fraction of sp³-hybridized carbons (Fsp3) is 0.214. The fourth-order valence-electron chi connectivity index (χ4n) is 1.82. The van der Waals surface area contributed by atoms with Crippen LogP contribution in [0, 0.1) is 22.9 Å². The van der Waals surface area contributed by atoms with Crippen molar-refractivity contribution >= 4 is 5.69 Å². The van der Waals surface area contributed by atoms with Gasteiger partial charge in [-0.3, -0.25) is 15.1 Å². The maximum absolute atomic E-state index is 13.5. The van der Waals surface area contributed by atoms with E-state index >= 15 is 0 Å². The highest BCUT2D eigenvalue weighted by atomic mass is 19.1. The summed E-state index contributed by atoms with van der Waals surface area (Å²) in [5.41, 5.74) is 0.821. The number of rotatable bonds is 4. The molecule has 104 valence electrons. The van der Waals surface area contributed by atoms with Crippen LogP contribution >= 0.6 is 0 Å². The molecule has 0 N–H and O–H groups in total. The molecule has 0 radical (unpaired) electrons. The molecule has 0 aliphatic carbocycles. The third-order valence-corrected chi connectivity index (χ3v) is 2.76. The van der Waals surface area contributed by atoms with Gasteiger partial charge < -0.3 is 4.74 Å². The van der Waals surface area contributed by atoms with Gasteiger partial charge in [-0.15, -0.1) is 0 Å². The molecule has 0 amide bonds. The topological polar surface area (TPSA) is 65.3 Å². The van der Waals surface area contributed by atoms with E-state index in [0.29, 0.717) is 17.9 Å². The van der Waals surface area contributed by atoms with Crippen LogP contribution in [0.1, 0.15) is 18.3 Å². The Hall–Kier alpha value is -2.50. The molecular formula is C14H13FN2O3. The smallest absolute Gasteiger partial charge is 0.346 e. The van der Waals surface area contributed by atoms with Crippen molar-refractivity contribution in [2.45, 2.75) is 20.3 Å². The number of hydrogen-bond acceptors (Lipinski definition) is 4. The Morgan fingerprint density at radius 1 is 1.30 bits per heavy atom. The molecule has 0 unspecified atom stereocenters. The van der Waals surface area contributed by atoms with Crippen LogP contribution in [0.15, 0.2) is 30.3 Å². The molecule has 0 aliphatic heterocycles. The predicted molar refractivity (Wildman–Crippen MR) is 71.5 cm³/mol. The normalized spacial score (nSPS) is 10.3. The van der Waals surface area contributed by atoms with Crippen LogP contribution in [0.2, 0.25) is 0 Å². The highest BCUT2D eigenvalue weighted by molar-refractivity contribution is 5.49. The molecule has 0 aliphatic rings. The van der Waals surface area contributed by atoms with E-state index in [0.717, 1.165) is 11.8 Å². The summed E-state index contributed by atoms with van der Waals surface area (Å²) in [5.74, 6) is -0.659. The van der Waals surface area contributed by atoms with Gasteiger partial charge in [0, 0.05) is 5.69 Å². The van der Waals surface area contributed by atoms with Crippen molar-refractivity contribution < 1.29 is 14.1 Å². The first-order chi connectivity index (χ1) is 9.52. The average Bonchev–Trinajstić information content (AvgIpc) is 2.40. The van der Waals surface area contributed by atoms with Crippen LogP contribution in [0.25, 0.3) is 0 Å². The van der Waals surface area contributed by atoms with Crippen molar-refractivity contribution in [3.63, 3.8) is 0 Å². The quantitative estimate of drug-likeness (QED) is 0.629. The summed E-state index contributed by atoms with van der Waals surface area (Å²) >= 11 is 0. The van der Waals surface area contributed by atoms with Crippen LogP contribution in [-0.4, -0.2) is 9.91 Å². The molecule has 0 saturated carbocycles. The Morgan fingerprint density at radius 2 is 2.05 bits per heavy atom. The van der Waals surface area contributed by atoms with Gasteiger partial charge in [0.05, 0.1) is 10.6 Å². The molecule has 0 fully saturated rings. The van der Waals surface area contributed by atoms with E-state index in [4.69, 9.17) is 4.74 Å². The van der Waals surface area contributed by atoms with Crippen LogP contribution in [0.3, 0.4) is 0 Å². The van der Waals surface area contributed by atoms with Gasteiger partial charge in [0.2, 0.25) is 11.6 Å². The number of aryl methyl sites for hydroxylation is 2. The molecule has 1 heterocycles. The molecule has 20 heavy (non-hydrogen) atoms. The number of nitrogens with zero attached hydrogens (tertiary/aromatic N) is 2. The summed E-state index contributed by atoms with van der Waals surface area (Å²) in [7, 11) is 0. The zero-order valence-corrected chi connectivity index (χ0v) is 11.1. The summed E-state index contributed by atoms with van der Waals surface area (Å²) < 4.78 is 19.0. The zero-order chi connectivity index (χ0) is 14.7. The fourth-order valence-corrected chi connectivity index (χ4v) is 1.82. The van der Waals surface area contributed by atoms with Gasteiger partial charge in [-0.1, -0.05) is 13.0 Å². The Kier molecular flexibility index (Phi) is 3.93. The van der Waals surface area contributed by atoms with Crippen LogP contribution in [-0.2, 0) is 6.42 Å². The molecule has 2 rings (SSSR count). The van der Waals surface area contributed by atoms with Gasteiger partial charge in [0.15, 0.2) is 0 Å². The monoisotopic (exact) mass is 276 g/mol. The Bertz CT molecular complexity index is 659. The molecule has 0 bridgehead atoms. The standard InChI is InChI=1S/C14H13FN2O3/c1-3-11-12(8-7-9(2)16-11)20-13-6-4-5-10(15)14(13)17(18)19/h4-8H,3H2,1-2H3. The Labute approximate surface area is 115 Å². The highest BCUT2D eigenvalue weighted by Crippen LogP contribution is 2.34. The second kappa shape index (κ2) is 5.64. The van der Waals surface area contributed by atoms with Gasteiger partial charge in [-0.05, 0) is 37.6 Å². The van der Waals surface area contributed by atoms with Crippen molar-refractivity contribution in [3.05, 3.63) is 57.7 Å². The Morgan fingerprint density at radius 3 is 2.70 bits per heavy atom. The summed E-state index contributed by atoms with van der Waals surface area (Å²) in [6.07, 6.45) is 0.611. The average molecular weight is 276 g/mol. The number of ether oxygens (including phenoxy) is 1. The number of nitro benzene ring substituents is 1. The summed E-state index contributed by atoms with van der Waals surface area (Å²) in [5, 5.41) is 10.9. The third kappa shape index (κ3) is 2.74. The number of hydrogen-bond donors (Lipinski definition) is 0. The highest BCUT2D eigenvalue weighted by Gasteiger charge is 2.22. The van der Waals surface area contributed by atoms with Crippen molar-refractivity contribution in [1.82, 2.24) is 4.98 Å². The Balaban J connectivity index is 2.45. The van der Waals surface area contributed by atoms with Gasteiger partial charge in [0.1, 0.15) is 5.75 Å². The first-order valence-corrected chi connectivity index (χ1v) is 6.10. The minimum Gasteiger partial charge on any atom is -0.448 e. The van der Waals surface area contributed by atoms with Crippen molar-refractivity contribution in [2.24, 2.45) is 0 Å². The minimum atomic E-state index is -0.925. The van der Waals surface area contributed by atoms with E-state index in [2.05, 4.69) is 4.98 Å². The van der Waals surface area contributed by atoms with Crippen LogP contribution in [0.4, 0.5) is 10.1 Å². The zero-order valence-electron chi connectivity index (χ0n) is 11.1. The van der Waals surface area contributed by atoms with Crippen LogP contribution in [0.5, 0.6) is 11.5 Å². The van der Waals surface area contributed by atoms with E-state index in [1.807, 2.05) is 13.8 Å². The lowest BCUT2D eigenvalue weighted by atomic mass is 10.2. The number of aromatic nitrogens is 1.